The van der Waals surface area contributed by atoms with Crippen molar-refractivity contribution in [1.82, 2.24) is 5.32 Å². The molecule has 0 spiro atoms. The summed E-state index contributed by atoms with van der Waals surface area (Å²) < 4.78 is 0. The highest BCUT2D eigenvalue weighted by Gasteiger charge is 2.09. The zero-order valence-corrected chi connectivity index (χ0v) is 13.1. The first-order valence-electron chi connectivity index (χ1n) is 6.42. The predicted molar refractivity (Wildman–Crippen MR) is 87.6 cm³/mol. The molecule has 21 heavy (non-hydrogen) atoms. The summed E-state index contributed by atoms with van der Waals surface area (Å²) in [5.74, 6) is 5.68. The van der Waals surface area contributed by atoms with Crippen LogP contribution in [0.4, 0.5) is 0 Å². The minimum absolute atomic E-state index is 0.104. The van der Waals surface area contributed by atoms with Crippen molar-refractivity contribution in [2.45, 2.75) is 13.5 Å². The van der Waals surface area contributed by atoms with Gasteiger partial charge in [0.25, 0.3) is 5.91 Å². The number of rotatable bonds is 3. The van der Waals surface area contributed by atoms with Gasteiger partial charge in [0.2, 0.25) is 0 Å². The molecule has 108 valence electrons. The molecule has 0 unspecified atom stereocenters. The Morgan fingerprint density at radius 3 is 2.90 bits per heavy atom. The smallest absolute Gasteiger partial charge is 0.251 e. The van der Waals surface area contributed by atoms with Gasteiger partial charge in [0.1, 0.15) is 0 Å². The third kappa shape index (κ3) is 4.33. The molecule has 1 heterocycles. The molecule has 3 nitrogen and oxygen atoms in total. The number of hydrogen-bond donors (Lipinski definition) is 2. The molecular weight excluding hydrogens is 304 g/mol. The van der Waals surface area contributed by atoms with Gasteiger partial charge in [-0.3, -0.25) is 4.79 Å². The number of aryl methyl sites for hydroxylation is 1. The van der Waals surface area contributed by atoms with E-state index >= 15 is 0 Å². The summed E-state index contributed by atoms with van der Waals surface area (Å²) in [7, 11) is 0. The SMILES string of the molecule is Cc1cc(Cl)ccc1C(=O)NCc1ccc(C#CCN)s1. The molecular formula is C16H15ClN2OS. The highest BCUT2D eigenvalue weighted by molar-refractivity contribution is 7.12. The highest BCUT2D eigenvalue weighted by Crippen LogP contribution is 2.17. The number of benzene rings is 1. The maximum absolute atomic E-state index is 12.1. The summed E-state index contributed by atoms with van der Waals surface area (Å²) in [6.07, 6.45) is 0. The minimum atomic E-state index is -0.104. The second kappa shape index (κ2) is 7.28. The molecule has 2 rings (SSSR count). The lowest BCUT2D eigenvalue weighted by atomic mass is 10.1. The molecule has 3 N–H and O–H groups in total. The lowest BCUT2D eigenvalue weighted by molar-refractivity contribution is 0.0950. The van der Waals surface area contributed by atoms with Crippen molar-refractivity contribution in [3.05, 3.63) is 56.2 Å². The van der Waals surface area contributed by atoms with Crippen LogP contribution in [0.25, 0.3) is 0 Å². The van der Waals surface area contributed by atoms with E-state index in [9.17, 15) is 4.79 Å². The van der Waals surface area contributed by atoms with Crippen molar-refractivity contribution in [2.75, 3.05) is 6.54 Å². The number of halogens is 1. The van der Waals surface area contributed by atoms with E-state index in [0.717, 1.165) is 15.3 Å². The largest absolute Gasteiger partial charge is 0.347 e. The summed E-state index contributed by atoms with van der Waals surface area (Å²) in [5.41, 5.74) is 6.84. The highest BCUT2D eigenvalue weighted by atomic mass is 35.5. The van der Waals surface area contributed by atoms with Crippen LogP contribution in [0.1, 0.15) is 25.7 Å². The number of nitrogens with two attached hydrogens (primary N) is 1. The van der Waals surface area contributed by atoms with Gasteiger partial charge in [0, 0.05) is 15.5 Å². The van der Waals surface area contributed by atoms with Gasteiger partial charge < -0.3 is 11.1 Å². The molecule has 0 saturated heterocycles. The van der Waals surface area contributed by atoms with Crippen molar-refractivity contribution in [3.63, 3.8) is 0 Å². The molecule has 5 heteroatoms. The summed E-state index contributed by atoms with van der Waals surface area (Å²) in [6, 6.07) is 9.12. The van der Waals surface area contributed by atoms with Gasteiger partial charge in [-0.2, -0.15) is 0 Å². The van der Waals surface area contributed by atoms with Gasteiger partial charge in [-0.15, -0.1) is 11.3 Å². The van der Waals surface area contributed by atoms with E-state index in [0.29, 0.717) is 23.7 Å². The van der Waals surface area contributed by atoms with Crippen LogP contribution in [0.2, 0.25) is 5.02 Å². The van der Waals surface area contributed by atoms with Gasteiger partial charge >= 0.3 is 0 Å². The Labute approximate surface area is 133 Å². The van der Waals surface area contributed by atoms with E-state index < -0.39 is 0 Å². The molecule has 0 aliphatic rings. The minimum Gasteiger partial charge on any atom is -0.347 e. The second-order valence-corrected chi connectivity index (χ2v) is 6.02. The molecule has 0 saturated carbocycles. The van der Waals surface area contributed by atoms with E-state index in [1.807, 2.05) is 19.1 Å². The van der Waals surface area contributed by atoms with Crippen molar-refractivity contribution >= 4 is 28.8 Å². The quantitative estimate of drug-likeness (QED) is 0.855. The number of amides is 1. The van der Waals surface area contributed by atoms with E-state index in [1.54, 1.807) is 29.5 Å². The Bertz CT molecular complexity index is 713. The molecule has 0 fully saturated rings. The van der Waals surface area contributed by atoms with Crippen molar-refractivity contribution in [1.29, 1.82) is 0 Å². The van der Waals surface area contributed by atoms with Gasteiger partial charge in [-0.05, 0) is 42.8 Å². The number of carbonyl (C=O) groups is 1. The average Bonchev–Trinajstić information content (AvgIpc) is 2.90. The molecule has 1 aromatic heterocycles. The number of carbonyl (C=O) groups excluding carboxylic acids is 1. The number of nitrogens with one attached hydrogen (secondary N) is 1. The van der Waals surface area contributed by atoms with Crippen LogP contribution in [0.3, 0.4) is 0 Å². The van der Waals surface area contributed by atoms with Gasteiger partial charge in [0.05, 0.1) is 18.0 Å². The summed E-state index contributed by atoms with van der Waals surface area (Å²) in [4.78, 5) is 14.1. The first-order valence-corrected chi connectivity index (χ1v) is 7.61. The lowest BCUT2D eigenvalue weighted by Gasteiger charge is -2.07. The van der Waals surface area contributed by atoms with Gasteiger partial charge in [-0.1, -0.05) is 23.4 Å². The Morgan fingerprint density at radius 2 is 2.19 bits per heavy atom. The summed E-state index contributed by atoms with van der Waals surface area (Å²) in [6.45, 7) is 2.70. The van der Waals surface area contributed by atoms with Crippen molar-refractivity contribution in [2.24, 2.45) is 5.73 Å². The third-order valence-electron chi connectivity index (χ3n) is 2.83. The van der Waals surface area contributed by atoms with Crippen LogP contribution in [-0.2, 0) is 6.54 Å². The summed E-state index contributed by atoms with van der Waals surface area (Å²) in [5, 5.41) is 3.53. The zero-order chi connectivity index (χ0) is 15.2. The maximum atomic E-state index is 12.1. The molecule has 0 bridgehead atoms. The Balaban J connectivity index is 1.99. The van der Waals surface area contributed by atoms with Crippen LogP contribution >= 0.6 is 22.9 Å². The Kier molecular flexibility index (Phi) is 5.40. The molecule has 1 amide bonds. The van der Waals surface area contributed by atoms with Crippen LogP contribution in [-0.4, -0.2) is 12.5 Å². The molecule has 0 aliphatic carbocycles. The van der Waals surface area contributed by atoms with E-state index in [-0.39, 0.29) is 5.91 Å². The van der Waals surface area contributed by atoms with Crippen LogP contribution in [0, 0.1) is 18.8 Å². The predicted octanol–water partition coefficient (Wildman–Crippen LogP) is 2.95. The molecule has 0 aliphatic heterocycles. The fourth-order valence-corrected chi connectivity index (χ4v) is 2.87. The topological polar surface area (TPSA) is 55.1 Å². The van der Waals surface area contributed by atoms with Crippen LogP contribution in [0.5, 0.6) is 0 Å². The van der Waals surface area contributed by atoms with Gasteiger partial charge in [0.15, 0.2) is 0 Å². The number of hydrogen-bond acceptors (Lipinski definition) is 3. The van der Waals surface area contributed by atoms with Crippen LogP contribution < -0.4 is 11.1 Å². The van der Waals surface area contributed by atoms with E-state index in [4.69, 9.17) is 17.3 Å². The van der Waals surface area contributed by atoms with Crippen molar-refractivity contribution < 1.29 is 4.79 Å². The Hall–Kier alpha value is -1.80. The van der Waals surface area contributed by atoms with E-state index in [2.05, 4.69) is 17.2 Å². The molecule has 0 radical (unpaired) electrons. The fraction of sp³-hybridized carbons (Fsp3) is 0.188. The molecule has 2 aromatic rings. The fourth-order valence-electron chi connectivity index (χ4n) is 1.82. The first-order chi connectivity index (χ1) is 10.1. The zero-order valence-electron chi connectivity index (χ0n) is 11.6. The Morgan fingerprint density at radius 1 is 1.38 bits per heavy atom. The first kappa shape index (κ1) is 15.6. The molecule has 0 atom stereocenters. The van der Waals surface area contributed by atoms with Crippen molar-refractivity contribution in [3.8, 4) is 11.8 Å². The third-order valence-corrected chi connectivity index (χ3v) is 4.07. The monoisotopic (exact) mass is 318 g/mol. The second-order valence-electron chi connectivity index (χ2n) is 4.41. The van der Waals surface area contributed by atoms with Gasteiger partial charge in [-0.25, -0.2) is 0 Å². The average molecular weight is 319 g/mol. The van der Waals surface area contributed by atoms with Crippen LogP contribution in [0.15, 0.2) is 30.3 Å². The molecule has 1 aromatic carbocycles. The van der Waals surface area contributed by atoms with E-state index in [1.165, 1.54) is 0 Å². The standard InChI is InChI=1S/C16H15ClN2OS/c1-11-9-12(17)4-7-15(11)16(20)19-10-14-6-5-13(21-14)3-2-8-18/h4-7,9H,8,10,18H2,1H3,(H,19,20). The maximum Gasteiger partial charge on any atom is 0.251 e. The lowest BCUT2D eigenvalue weighted by Crippen LogP contribution is -2.23. The number of thiophene rings is 1. The summed E-state index contributed by atoms with van der Waals surface area (Å²) >= 11 is 7.44. The normalized spacial score (nSPS) is 9.86.